The molecule has 0 saturated heterocycles. The third kappa shape index (κ3) is 4.28. The van der Waals surface area contributed by atoms with Gasteiger partial charge in [0.05, 0.1) is 12.7 Å². The zero-order valence-corrected chi connectivity index (χ0v) is 8.59. The number of allylic oxidation sites excluding steroid dienone is 1. The molecule has 1 atom stereocenters. The highest BCUT2D eigenvalue weighted by atomic mass is 16.5. The van der Waals surface area contributed by atoms with Crippen LogP contribution in [-0.2, 0) is 4.74 Å². The van der Waals surface area contributed by atoms with Crippen molar-refractivity contribution in [1.82, 2.24) is 0 Å². The molecule has 0 aromatic rings. The lowest BCUT2D eigenvalue weighted by Gasteiger charge is -2.06. The van der Waals surface area contributed by atoms with E-state index in [1.54, 1.807) is 0 Å². The topological polar surface area (TPSA) is 9.23 Å². The van der Waals surface area contributed by atoms with Crippen molar-refractivity contribution < 1.29 is 4.74 Å². The second-order valence-electron chi connectivity index (χ2n) is 3.79. The van der Waals surface area contributed by atoms with Gasteiger partial charge in [0, 0.05) is 0 Å². The smallest absolute Gasteiger partial charge is 0.0763 e. The standard InChI is InChI=1S/C12H20O/c1-3-4-5-6-7-8-12-9-11(2)10-13-12/h3,9,12H,1,4-8,10H2,2H3. The van der Waals surface area contributed by atoms with Crippen LogP contribution in [0.3, 0.4) is 0 Å². The Kier molecular flexibility index (Phi) is 4.84. The summed E-state index contributed by atoms with van der Waals surface area (Å²) in [5, 5.41) is 0. The summed E-state index contributed by atoms with van der Waals surface area (Å²) in [5.41, 5.74) is 1.39. The quantitative estimate of drug-likeness (QED) is 0.449. The average Bonchev–Trinajstić information content (AvgIpc) is 2.51. The highest BCUT2D eigenvalue weighted by molar-refractivity contribution is 5.07. The molecule has 0 aliphatic carbocycles. The van der Waals surface area contributed by atoms with Crippen molar-refractivity contribution >= 4 is 0 Å². The number of unbranched alkanes of at least 4 members (excludes halogenated alkanes) is 3. The molecule has 13 heavy (non-hydrogen) atoms. The largest absolute Gasteiger partial charge is 0.370 e. The normalized spacial score (nSPS) is 21.6. The summed E-state index contributed by atoms with van der Waals surface area (Å²) in [7, 11) is 0. The Bertz CT molecular complexity index is 182. The van der Waals surface area contributed by atoms with E-state index in [1.807, 2.05) is 6.08 Å². The second kappa shape index (κ2) is 5.98. The van der Waals surface area contributed by atoms with Crippen LogP contribution in [0.25, 0.3) is 0 Å². The summed E-state index contributed by atoms with van der Waals surface area (Å²) in [6.07, 6.45) is 10.9. The Balaban J connectivity index is 1.97. The molecule has 1 aliphatic heterocycles. The molecule has 0 spiro atoms. The molecule has 0 bridgehead atoms. The minimum Gasteiger partial charge on any atom is -0.370 e. The molecule has 1 nitrogen and oxygen atoms in total. The van der Waals surface area contributed by atoms with Crippen LogP contribution in [0.5, 0.6) is 0 Å². The van der Waals surface area contributed by atoms with Crippen LogP contribution < -0.4 is 0 Å². The van der Waals surface area contributed by atoms with E-state index in [4.69, 9.17) is 4.74 Å². The molecule has 0 aromatic heterocycles. The highest BCUT2D eigenvalue weighted by Crippen LogP contribution is 2.17. The predicted molar refractivity (Wildman–Crippen MR) is 56.8 cm³/mol. The first-order valence-corrected chi connectivity index (χ1v) is 5.22. The molecule has 1 heteroatoms. The van der Waals surface area contributed by atoms with Crippen molar-refractivity contribution in [2.24, 2.45) is 0 Å². The van der Waals surface area contributed by atoms with Gasteiger partial charge in [-0.25, -0.2) is 0 Å². The molecule has 1 heterocycles. The van der Waals surface area contributed by atoms with Crippen LogP contribution in [0.2, 0.25) is 0 Å². The summed E-state index contributed by atoms with van der Waals surface area (Å²) in [6.45, 7) is 6.69. The maximum absolute atomic E-state index is 5.56. The van der Waals surface area contributed by atoms with Crippen LogP contribution in [0, 0.1) is 0 Å². The van der Waals surface area contributed by atoms with E-state index in [0.717, 1.165) is 13.0 Å². The lowest BCUT2D eigenvalue weighted by molar-refractivity contribution is 0.116. The van der Waals surface area contributed by atoms with Gasteiger partial charge in [0.1, 0.15) is 0 Å². The number of hydrogen-bond donors (Lipinski definition) is 0. The van der Waals surface area contributed by atoms with Gasteiger partial charge in [0.2, 0.25) is 0 Å². The summed E-state index contributed by atoms with van der Waals surface area (Å²) in [4.78, 5) is 0. The minimum atomic E-state index is 0.406. The van der Waals surface area contributed by atoms with E-state index >= 15 is 0 Å². The molecule has 0 saturated carbocycles. The lowest BCUT2D eigenvalue weighted by atomic mass is 10.1. The van der Waals surface area contributed by atoms with Crippen molar-refractivity contribution in [3.63, 3.8) is 0 Å². The first-order chi connectivity index (χ1) is 6.33. The maximum Gasteiger partial charge on any atom is 0.0763 e. The summed E-state index contributed by atoms with van der Waals surface area (Å²) >= 11 is 0. The van der Waals surface area contributed by atoms with Gasteiger partial charge in [-0.15, -0.1) is 6.58 Å². The number of ether oxygens (including phenoxy) is 1. The molecule has 0 N–H and O–H groups in total. The van der Waals surface area contributed by atoms with E-state index in [1.165, 1.54) is 31.3 Å². The number of hydrogen-bond acceptors (Lipinski definition) is 1. The Morgan fingerprint density at radius 1 is 1.54 bits per heavy atom. The van der Waals surface area contributed by atoms with Crippen molar-refractivity contribution in [3.8, 4) is 0 Å². The van der Waals surface area contributed by atoms with Gasteiger partial charge in [0.15, 0.2) is 0 Å². The van der Waals surface area contributed by atoms with Crippen LogP contribution >= 0.6 is 0 Å². The van der Waals surface area contributed by atoms with Gasteiger partial charge in [-0.3, -0.25) is 0 Å². The predicted octanol–water partition coefficient (Wildman–Crippen LogP) is 3.47. The zero-order chi connectivity index (χ0) is 9.52. The Morgan fingerprint density at radius 3 is 3.00 bits per heavy atom. The van der Waals surface area contributed by atoms with Crippen LogP contribution in [0.1, 0.15) is 39.0 Å². The molecule has 74 valence electrons. The van der Waals surface area contributed by atoms with Crippen molar-refractivity contribution in [3.05, 3.63) is 24.3 Å². The molecule has 0 radical (unpaired) electrons. The Morgan fingerprint density at radius 2 is 2.38 bits per heavy atom. The van der Waals surface area contributed by atoms with Gasteiger partial charge in [-0.1, -0.05) is 25.0 Å². The van der Waals surface area contributed by atoms with Gasteiger partial charge < -0.3 is 4.74 Å². The molecule has 1 unspecified atom stereocenters. The van der Waals surface area contributed by atoms with Crippen molar-refractivity contribution in [2.75, 3.05) is 6.61 Å². The van der Waals surface area contributed by atoms with E-state index < -0.39 is 0 Å². The molecule has 1 aliphatic rings. The van der Waals surface area contributed by atoms with Crippen LogP contribution in [0.15, 0.2) is 24.3 Å². The van der Waals surface area contributed by atoms with E-state index in [-0.39, 0.29) is 0 Å². The van der Waals surface area contributed by atoms with Gasteiger partial charge in [0.25, 0.3) is 0 Å². The van der Waals surface area contributed by atoms with Crippen LogP contribution in [-0.4, -0.2) is 12.7 Å². The fourth-order valence-electron chi connectivity index (χ4n) is 1.63. The molecular formula is C12H20O. The van der Waals surface area contributed by atoms with E-state index in [0.29, 0.717) is 6.10 Å². The summed E-state index contributed by atoms with van der Waals surface area (Å²) in [6, 6.07) is 0. The number of rotatable bonds is 6. The van der Waals surface area contributed by atoms with Gasteiger partial charge >= 0.3 is 0 Å². The third-order valence-corrected chi connectivity index (χ3v) is 2.39. The highest BCUT2D eigenvalue weighted by Gasteiger charge is 2.12. The maximum atomic E-state index is 5.56. The molecule has 0 amide bonds. The minimum absolute atomic E-state index is 0.406. The molecular weight excluding hydrogens is 160 g/mol. The van der Waals surface area contributed by atoms with Crippen molar-refractivity contribution in [2.45, 2.75) is 45.1 Å². The third-order valence-electron chi connectivity index (χ3n) is 2.39. The van der Waals surface area contributed by atoms with Crippen molar-refractivity contribution in [1.29, 1.82) is 0 Å². The molecule has 0 aromatic carbocycles. The molecule has 0 fully saturated rings. The monoisotopic (exact) mass is 180 g/mol. The average molecular weight is 180 g/mol. The lowest BCUT2D eigenvalue weighted by Crippen LogP contribution is -2.03. The van der Waals surface area contributed by atoms with Gasteiger partial charge in [-0.05, 0) is 31.8 Å². The summed E-state index contributed by atoms with van der Waals surface area (Å²) < 4.78 is 5.56. The first-order valence-electron chi connectivity index (χ1n) is 5.22. The molecule has 1 rings (SSSR count). The fraction of sp³-hybridized carbons (Fsp3) is 0.667. The zero-order valence-electron chi connectivity index (χ0n) is 8.59. The Labute approximate surface area is 81.5 Å². The first kappa shape index (κ1) is 10.5. The summed E-state index contributed by atoms with van der Waals surface area (Å²) in [5.74, 6) is 0. The fourth-order valence-corrected chi connectivity index (χ4v) is 1.63. The van der Waals surface area contributed by atoms with E-state index in [2.05, 4.69) is 19.6 Å². The van der Waals surface area contributed by atoms with E-state index in [9.17, 15) is 0 Å². The SMILES string of the molecule is C=CCCCCCC1C=C(C)CO1. The van der Waals surface area contributed by atoms with Gasteiger partial charge in [-0.2, -0.15) is 0 Å². The van der Waals surface area contributed by atoms with Crippen LogP contribution in [0.4, 0.5) is 0 Å². The Hall–Kier alpha value is -0.560. The second-order valence-corrected chi connectivity index (χ2v) is 3.79.